The Morgan fingerprint density at radius 2 is 1.57 bits per heavy atom. The zero-order valence-electron chi connectivity index (χ0n) is 16.8. The van der Waals surface area contributed by atoms with Crippen LogP contribution in [0.25, 0.3) is 0 Å². The van der Waals surface area contributed by atoms with Gasteiger partial charge in [-0.05, 0) is 67.9 Å². The molecule has 0 aliphatic carbocycles. The zero-order valence-corrected chi connectivity index (χ0v) is 16.8. The van der Waals surface area contributed by atoms with Gasteiger partial charge in [0.25, 0.3) is 11.8 Å². The molecule has 5 nitrogen and oxygen atoms in total. The Kier molecular flexibility index (Phi) is 6.80. The van der Waals surface area contributed by atoms with Crippen LogP contribution in [0.3, 0.4) is 0 Å². The normalized spacial score (nSPS) is 10.5. The van der Waals surface area contributed by atoms with Crippen molar-refractivity contribution >= 4 is 17.5 Å². The van der Waals surface area contributed by atoms with Crippen molar-refractivity contribution in [1.29, 1.82) is 0 Å². The smallest absolute Gasteiger partial charge is 0.259 e. The van der Waals surface area contributed by atoms with E-state index in [4.69, 9.17) is 4.74 Å². The largest absolute Gasteiger partial charge is 0.488 e. The Hall–Kier alpha value is -3.67. The molecule has 0 atom stereocenters. The molecule has 3 aromatic rings. The van der Waals surface area contributed by atoms with Crippen molar-refractivity contribution in [3.63, 3.8) is 0 Å². The average Bonchev–Trinajstić information content (AvgIpc) is 2.73. The summed E-state index contributed by atoms with van der Waals surface area (Å²) in [6.07, 6.45) is 0. The Bertz CT molecular complexity index is 1020. The molecule has 3 rings (SSSR count). The summed E-state index contributed by atoms with van der Waals surface area (Å²) in [4.78, 5) is 24.8. The fraction of sp³-hybridized carbons (Fsp3) is 0.167. The molecule has 0 unspecified atom stereocenters. The molecule has 2 amide bonds. The lowest BCUT2D eigenvalue weighted by Gasteiger charge is -2.12. The van der Waals surface area contributed by atoms with Gasteiger partial charge < -0.3 is 15.4 Å². The third-order valence-electron chi connectivity index (χ3n) is 4.26. The van der Waals surface area contributed by atoms with Crippen LogP contribution in [0.15, 0.2) is 72.8 Å². The fourth-order valence-corrected chi connectivity index (χ4v) is 2.77. The van der Waals surface area contributed by atoms with Crippen molar-refractivity contribution in [2.24, 2.45) is 0 Å². The highest BCUT2D eigenvalue weighted by Crippen LogP contribution is 2.21. The minimum atomic E-state index is -0.330. The Morgan fingerprint density at radius 1 is 0.900 bits per heavy atom. The molecule has 0 saturated heterocycles. The van der Waals surface area contributed by atoms with Crippen LogP contribution in [0.5, 0.6) is 5.75 Å². The maximum atomic E-state index is 13.0. The number of halogens is 1. The van der Waals surface area contributed by atoms with E-state index in [2.05, 4.69) is 10.6 Å². The average molecular weight is 406 g/mol. The first kappa shape index (κ1) is 21.0. The molecule has 0 saturated carbocycles. The molecule has 0 aromatic heterocycles. The molecule has 0 aliphatic heterocycles. The van der Waals surface area contributed by atoms with Crippen molar-refractivity contribution in [2.75, 3.05) is 5.32 Å². The summed E-state index contributed by atoms with van der Waals surface area (Å²) in [5.41, 5.74) is 2.25. The number of carbonyl (C=O) groups excluding carboxylic acids is 2. The molecule has 0 spiro atoms. The van der Waals surface area contributed by atoms with Gasteiger partial charge in [0.05, 0.1) is 5.56 Å². The summed E-state index contributed by atoms with van der Waals surface area (Å²) < 4.78 is 18.8. The fourth-order valence-electron chi connectivity index (χ4n) is 2.77. The summed E-state index contributed by atoms with van der Waals surface area (Å²) in [5.74, 6) is -0.384. The lowest BCUT2D eigenvalue weighted by molar-refractivity contribution is 0.0942. The van der Waals surface area contributed by atoms with Gasteiger partial charge in [0, 0.05) is 17.3 Å². The molecule has 0 aliphatic rings. The predicted molar refractivity (Wildman–Crippen MR) is 114 cm³/mol. The number of hydrogen-bond donors (Lipinski definition) is 2. The third-order valence-corrected chi connectivity index (χ3v) is 4.26. The monoisotopic (exact) mass is 406 g/mol. The first-order chi connectivity index (χ1) is 14.4. The van der Waals surface area contributed by atoms with Crippen molar-refractivity contribution in [1.82, 2.24) is 5.32 Å². The number of benzene rings is 3. The molecular formula is C24H23FN2O3. The molecule has 0 heterocycles. The van der Waals surface area contributed by atoms with Gasteiger partial charge >= 0.3 is 0 Å². The number of rotatable bonds is 7. The molecule has 0 radical (unpaired) electrons. The summed E-state index contributed by atoms with van der Waals surface area (Å²) >= 11 is 0. The number of para-hydroxylation sites is 1. The number of nitrogens with one attached hydrogen (secondary N) is 2. The van der Waals surface area contributed by atoms with Crippen LogP contribution in [0.4, 0.5) is 10.1 Å². The summed E-state index contributed by atoms with van der Waals surface area (Å²) in [7, 11) is 0. The first-order valence-corrected chi connectivity index (χ1v) is 9.61. The van der Waals surface area contributed by atoms with E-state index >= 15 is 0 Å². The Labute approximate surface area is 174 Å². The van der Waals surface area contributed by atoms with Gasteiger partial charge in [-0.15, -0.1) is 0 Å². The van der Waals surface area contributed by atoms with Gasteiger partial charge in [0.2, 0.25) is 0 Å². The molecule has 6 heteroatoms. The van der Waals surface area contributed by atoms with Gasteiger partial charge in [-0.2, -0.15) is 0 Å². The summed E-state index contributed by atoms with van der Waals surface area (Å²) in [6.45, 7) is 3.99. The molecule has 30 heavy (non-hydrogen) atoms. The van der Waals surface area contributed by atoms with E-state index in [0.717, 1.165) is 5.56 Å². The van der Waals surface area contributed by atoms with Gasteiger partial charge in [0.15, 0.2) is 0 Å². The predicted octanol–water partition coefficient (Wildman–Crippen LogP) is 4.80. The molecule has 2 N–H and O–H groups in total. The molecule has 154 valence electrons. The van der Waals surface area contributed by atoms with Crippen LogP contribution in [0, 0.1) is 5.82 Å². The molecule has 0 fully saturated rings. The summed E-state index contributed by atoms with van der Waals surface area (Å²) in [6, 6.07) is 19.6. The quantitative estimate of drug-likeness (QED) is 0.593. The minimum Gasteiger partial charge on any atom is -0.488 e. The zero-order chi connectivity index (χ0) is 21.5. The van der Waals surface area contributed by atoms with E-state index in [1.54, 1.807) is 60.7 Å². The molecule has 3 aromatic carbocycles. The summed E-state index contributed by atoms with van der Waals surface area (Å²) in [5, 5.41) is 5.63. The highest BCUT2D eigenvalue weighted by Gasteiger charge is 2.13. The van der Waals surface area contributed by atoms with Crippen molar-refractivity contribution < 1.29 is 18.7 Å². The van der Waals surface area contributed by atoms with Crippen molar-refractivity contribution in [2.45, 2.75) is 26.5 Å². The van der Waals surface area contributed by atoms with Crippen LogP contribution in [-0.4, -0.2) is 17.9 Å². The second-order valence-corrected chi connectivity index (χ2v) is 7.07. The maximum absolute atomic E-state index is 13.0. The van der Waals surface area contributed by atoms with Gasteiger partial charge in [-0.3, -0.25) is 9.59 Å². The van der Waals surface area contributed by atoms with Crippen molar-refractivity contribution in [3.8, 4) is 5.75 Å². The molecule has 0 bridgehead atoms. The van der Waals surface area contributed by atoms with Crippen LogP contribution in [0.1, 0.15) is 40.1 Å². The van der Waals surface area contributed by atoms with Crippen molar-refractivity contribution in [3.05, 3.63) is 95.3 Å². The van der Waals surface area contributed by atoms with E-state index in [1.807, 2.05) is 13.8 Å². The Morgan fingerprint density at radius 3 is 2.23 bits per heavy atom. The highest BCUT2D eigenvalue weighted by atomic mass is 19.1. The van der Waals surface area contributed by atoms with Crippen LogP contribution in [0.2, 0.25) is 0 Å². The van der Waals surface area contributed by atoms with E-state index in [0.29, 0.717) is 22.6 Å². The van der Waals surface area contributed by atoms with Crippen LogP contribution in [-0.2, 0) is 6.61 Å². The maximum Gasteiger partial charge on any atom is 0.259 e. The molecular weight excluding hydrogens is 383 g/mol. The topological polar surface area (TPSA) is 67.4 Å². The second kappa shape index (κ2) is 9.69. The lowest BCUT2D eigenvalue weighted by Crippen LogP contribution is -2.30. The van der Waals surface area contributed by atoms with Gasteiger partial charge in [-0.1, -0.05) is 24.3 Å². The number of ether oxygens (including phenoxy) is 1. The number of amides is 2. The second-order valence-electron chi connectivity index (χ2n) is 7.07. The van der Waals surface area contributed by atoms with E-state index in [1.165, 1.54) is 12.1 Å². The SMILES string of the molecule is CC(C)NC(=O)c1ccc(NC(=O)c2ccccc2OCc2ccc(F)cc2)cc1. The number of anilines is 1. The van der Waals surface area contributed by atoms with Crippen LogP contribution < -0.4 is 15.4 Å². The van der Waals surface area contributed by atoms with E-state index in [9.17, 15) is 14.0 Å². The first-order valence-electron chi connectivity index (χ1n) is 9.61. The highest BCUT2D eigenvalue weighted by molar-refractivity contribution is 6.06. The number of carbonyl (C=O) groups is 2. The van der Waals surface area contributed by atoms with Gasteiger partial charge in [-0.25, -0.2) is 4.39 Å². The van der Waals surface area contributed by atoms with Crippen LogP contribution >= 0.6 is 0 Å². The lowest BCUT2D eigenvalue weighted by atomic mass is 10.1. The Balaban J connectivity index is 1.67. The number of hydrogen-bond acceptors (Lipinski definition) is 3. The third kappa shape index (κ3) is 5.67. The standard InChI is InChI=1S/C24H23FN2O3/c1-16(2)26-23(28)18-9-13-20(14-10-18)27-24(29)21-5-3-4-6-22(21)30-15-17-7-11-19(25)12-8-17/h3-14,16H,15H2,1-2H3,(H,26,28)(H,27,29). The minimum absolute atomic E-state index is 0.0447. The van der Waals surface area contributed by atoms with E-state index in [-0.39, 0.29) is 30.3 Å². The van der Waals surface area contributed by atoms with Gasteiger partial charge in [0.1, 0.15) is 18.2 Å². The van der Waals surface area contributed by atoms with E-state index < -0.39 is 0 Å².